The number of carbonyl (C=O) groups is 3. The Morgan fingerprint density at radius 1 is 1.11 bits per heavy atom. The molecule has 0 aromatic carbocycles. The number of rotatable bonds is 9. The summed E-state index contributed by atoms with van der Waals surface area (Å²) in [6, 6.07) is 1.66. The second-order valence-corrected chi connectivity index (χ2v) is 12.0. The highest BCUT2D eigenvalue weighted by Crippen LogP contribution is 2.38. The van der Waals surface area contributed by atoms with E-state index in [1.54, 1.807) is 11.0 Å². The van der Waals surface area contributed by atoms with Crippen LogP contribution in [0.5, 0.6) is 0 Å². The van der Waals surface area contributed by atoms with Crippen LogP contribution in [0.3, 0.4) is 0 Å². The number of aromatic carboxylic acids is 1. The molecule has 0 bridgehead atoms. The summed E-state index contributed by atoms with van der Waals surface area (Å²) in [5, 5.41) is 10.0. The number of nitrogens with zero attached hydrogens (tertiary/aromatic N) is 2. The number of anilines is 1. The van der Waals surface area contributed by atoms with Crippen molar-refractivity contribution in [3.05, 3.63) is 15.8 Å². The van der Waals surface area contributed by atoms with E-state index in [-0.39, 0.29) is 34.6 Å². The maximum absolute atomic E-state index is 14.0. The third-order valence-electron chi connectivity index (χ3n) is 7.53. The maximum Gasteiger partial charge on any atom is 0.348 e. The van der Waals surface area contributed by atoms with Crippen molar-refractivity contribution in [2.24, 2.45) is 23.5 Å². The predicted octanol–water partition coefficient (Wildman–Crippen LogP) is 5.12. The zero-order chi connectivity index (χ0) is 26.9. The van der Waals surface area contributed by atoms with E-state index < -0.39 is 5.97 Å². The molecule has 0 atom stereocenters. The molecule has 1 aromatic rings. The summed E-state index contributed by atoms with van der Waals surface area (Å²) >= 11 is 1.14. The number of unbranched alkanes of at least 4 members (excludes halogenated alkanes) is 2. The van der Waals surface area contributed by atoms with Gasteiger partial charge >= 0.3 is 5.97 Å². The van der Waals surface area contributed by atoms with Crippen molar-refractivity contribution in [2.45, 2.75) is 91.0 Å². The first-order valence-electron chi connectivity index (χ1n) is 13.9. The van der Waals surface area contributed by atoms with Crippen LogP contribution in [0.25, 0.3) is 0 Å². The number of likely N-dealkylation sites (tertiary alicyclic amines) is 1. The smallest absolute Gasteiger partial charge is 0.348 e. The molecule has 0 unspecified atom stereocenters. The number of thiophene rings is 1. The Kier molecular flexibility index (Phi) is 11.0. The van der Waals surface area contributed by atoms with E-state index in [4.69, 9.17) is 5.73 Å². The summed E-state index contributed by atoms with van der Waals surface area (Å²) in [5.41, 5.74) is 6.03. The van der Waals surface area contributed by atoms with Crippen LogP contribution in [0.1, 0.15) is 99.5 Å². The molecule has 204 valence electrons. The summed E-state index contributed by atoms with van der Waals surface area (Å²) < 4.78 is 0. The van der Waals surface area contributed by atoms with Gasteiger partial charge in [-0.1, -0.05) is 39.0 Å². The number of carbonyl (C=O) groups excluding carboxylic acids is 2. The van der Waals surface area contributed by atoms with Crippen LogP contribution in [0.2, 0.25) is 0 Å². The molecular formula is C29H43N3O4S. The number of carboxylic acids is 1. The molecule has 1 aromatic heterocycles. The van der Waals surface area contributed by atoms with Gasteiger partial charge in [0, 0.05) is 37.4 Å². The highest BCUT2D eigenvalue weighted by molar-refractivity contribution is 7.15. The number of amides is 2. The SMILES string of the molecule is CC(C)C#Cc1cc(N(C(=O)C2CCC(C)CC2)C2CCN(C(=O)CCCCCN)CC2)c(C(=O)O)s1. The highest BCUT2D eigenvalue weighted by atomic mass is 32.1. The Bertz CT molecular complexity index is 993. The second-order valence-electron chi connectivity index (χ2n) is 10.9. The van der Waals surface area contributed by atoms with E-state index in [9.17, 15) is 19.5 Å². The average Bonchev–Trinajstić information content (AvgIpc) is 3.30. The van der Waals surface area contributed by atoms with Crippen LogP contribution in [-0.2, 0) is 9.59 Å². The largest absolute Gasteiger partial charge is 0.477 e. The fraction of sp³-hybridized carbons (Fsp3) is 0.690. The molecule has 8 heteroatoms. The van der Waals surface area contributed by atoms with E-state index >= 15 is 0 Å². The van der Waals surface area contributed by atoms with Crippen LogP contribution < -0.4 is 10.6 Å². The molecule has 3 rings (SSSR count). The van der Waals surface area contributed by atoms with Crippen molar-refractivity contribution in [1.29, 1.82) is 0 Å². The van der Waals surface area contributed by atoms with Crippen molar-refractivity contribution < 1.29 is 19.5 Å². The van der Waals surface area contributed by atoms with Gasteiger partial charge in [-0.3, -0.25) is 9.59 Å². The van der Waals surface area contributed by atoms with E-state index in [0.717, 1.165) is 56.3 Å². The fourth-order valence-electron chi connectivity index (χ4n) is 5.32. The summed E-state index contributed by atoms with van der Waals surface area (Å²) in [6.45, 7) is 8.02. The summed E-state index contributed by atoms with van der Waals surface area (Å²) in [5.74, 6) is 6.06. The van der Waals surface area contributed by atoms with Crippen molar-refractivity contribution >= 4 is 34.8 Å². The van der Waals surface area contributed by atoms with Crippen LogP contribution in [0.15, 0.2) is 6.07 Å². The Morgan fingerprint density at radius 2 is 1.78 bits per heavy atom. The number of piperidine rings is 1. The molecule has 3 N–H and O–H groups in total. The van der Waals surface area contributed by atoms with Crippen LogP contribution >= 0.6 is 11.3 Å². The van der Waals surface area contributed by atoms with Gasteiger partial charge in [-0.25, -0.2) is 4.79 Å². The fourth-order valence-corrected chi connectivity index (χ4v) is 6.17. The number of carboxylic acid groups (broad SMARTS) is 1. The predicted molar refractivity (Wildman–Crippen MR) is 149 cm³/mol. The van der Waals surface area contributed by atoms with Crippen molar-refractivity contribution in [1.82, 2.24) is 4.90 Å². The molecular weight excluding hydrogens is 486 g/mol. The molecule has 2 fully saturated rings. The van der Waals surface area contributed by atoms with Gasteiger partial charge in [-0.05, 0) is 69.9 Å². The topological polar surface area (TPSA) is 104 Å². The molecule has 2 aliphatic rings. The first-order chi connectivity index (χ1) is 17.7. The molecule has 0 spiro atoms. The molecule has 2 amide bonds. The molecule has 1 aliphatic heterocycles. The molecule has 0 radical (unpaired) electrons. The summed E-state index contributed by atoms with van der Waals surface area (Å²) in [6.07, 6.45) is 8.26. The lowest BCUT2D eigenvalue weighted by Gasteiger charge is -2.40. The van der Waals surface area contributed by atoms with E-state index in [1.165, 1.54) is 0 Å². The Balaban J connectivity index is 1.83. The third-order valence-corrected chi connectivity index (χ3v) is 8.56. The quantitative estimate of drug-likeness (QED) is 0.341. The molecule has 1 saturated heterocycles. The molecule has 37 heavy (non-hydrogen) atoms. The number of nitrogens with two attached hydrogens (primary N) is 1. The number of hydrogen-bond acceptors (Lipinski definition) is 5. The van der Waals surface area contributed by atoms with Crippen LogP contribution in [-0.4, -0.2) is 53.5 Å². The average molecular weight is 530 g/mol. The zero-order valence-electron chi connectivity index (χ0n) is 22.6. The first-order valence-corrected chi connectivity index (χ1v) is 14.7. The van der Waals surface area contributed by atoms with Gasteiger partial charge < -0.3 is 20.6 Å². The van der Waals surface area contributed by atoms with Gasteiger partial charge in [0.15, 0.2) is 0 Å². The van der Waals surface area contributed by atoms with Crippen LogP contribution in [0.4, 0.5) is 5.69 Å². The highest BCUT2D eigenvalue weighted by Gasteiger charge is 2.37. The van der Waals surface area contributed by atoms with Crippen molar-refractivity contribution in [3.63, 3.8) is 0 Å². The Morgan fingerprint density at radius 3 is 2.38 bits per heavy atom. The maximum atomic E-state index is 14.0. The van der Waals surface area contributed by atoms with Gasteiger partial charge in [0.25, 0.3) is 0 Å². The monoisotopic (exact) mass is 529 g/mol. The summed E-state index contributed by atoms with van der Waals surface area (Å²) in [7, 11) is 0. The Hall–Kier alpha value is -2.37. The lowest BCUT2D eigenvalue weighted by atomic mass is 9.82. The normalized spacial score (nSPS) is 20.4. The van der Waals surface area contributed by atoms with Crippen molar-refractivity contribution in [2.75, 3.05) is 24.5 Å². The lowest BCUT2D eigenvalue weighted by Crippen LogP contribution is -2.51. The molecule has 1 saturated carbocycles. The third kappa shape index (κ3) is 8.05. The van der Waals surface area contributed by atoms with Gasteiger partial charge in [-0.15, -0.1) is 11.3 Å². The standard InChI is InChI=1S/C29H43N3O4S/c1-20(2)8-13-24-19-25(27(37-24)29(35)36)32(28(34)22-11-9-21(3)10-12-22)23-14-17-31(18-15-23)26(33)7-5-4-6-16-30/h19-23H,4-7,9-12,14-18,30H2,1-3H3,(H,35,36). The van der Waals surface area contributed by atoms with Gasteiger partial charge in [-0.2, -0.15) is 0 Å². The molecule has 7 nitrogen and oxygen atoms in total. The summed E-state index contributed by atoms with van der Waals surface area (Å²) in [4.78, 5) is 43.5. The van der Waals surface area contributed by atoms with Gasteiger partial charge in [0.05, 0.1) is 10.6 Å². The van der Waals surface area contributed by atoms with Crippen LogP contribution in [0, 0.1) is 29.6 Å². The van der Waals surface area contributed by atoms with E-state index in [1.807, 2.05) is 18.7 Å². The number of hydrogen-bond donors (Lipinski definition) is 2. The first kappa shape index (κ1) is 29.2. The second kappa shape index (κ2) is 14.0. The van der Waals surface area contributed by atoms with Gasteiger partial charge in [0.1, 0.15) is 4.88 Å². The van der Waals surface area contributed by atoms with Gasteiger partial charge in [0.2, 0.25) is 11.8 Å². The molecule has 1 aliphatic carbocycles. The molecule has 2 heterocycles. The minimum atomic E-state index is -1.03. The minimum Gasteiger partial charge on any atom is -0.477 e. The van der Waals surface area contributed by atoms with E-state index in [2.05, 4.69) is 18.8 Å². The zero-order valence-corrected chi connectivity index (χ0v) is 23.4. The van der Waals surface area contributed by atoms with Crippen molar-refractivity contribution in [3.8, 4) is 11.8 Å². The minimum absolute atomic E-state index is 0.0297. The van der Waals surface area contributed by atoms with E-state index in [0.29, 0.717) is 55.4 Å². The lowest BCUT2D eigenvalue weighted by molar-refractivity contribution is -0.132. The Labute approximate surface area is 225 Å².